The fourth-order valence-corrected chi connectivity index (χ4v) is 2.46. The smallest absolute Gasteiger partial charge is 0.328 e. The number of carbonyl (C=O) groups is 1. The molecule has 0 aliphatic rings. The van der Waals surface area contributed by atoms with Crippen molar-refractivity contribution in [2.45, 2.75) is 25.8 Å². The molecule has 4 heteroatoms. The van der Waals surface area contributed by atoms with Crippen molar-refractivity contribution in [3.8, 4) is 5.75 Å². The molecule has 0 saturated heterocycles. The molecule has 3 nitrogen and oxygen atoms in total. The molecule has 0 fully saturated rings. The van der Waals surface area contributed by atoms with Crippen LogP contribution in [-0.2, 0) is 16.1 Å². The molecule has 0 saturated carbocycles. The lowest BCUT2D eigenvalue weighted by Gasteiger charge is -2.15. The van der Waals surface area contributed by atoms with Crippen molar-refractivity contribution in [2.75, 3.05) is 7.11 Å². The molecule has 2 aromatic rings. The lowest BCUT2D eigenvalue weighted by atomic mass is 10.0. The Labute approximate surface area is 135 Å². The van der Waals surface area contributed by atoms with E-state index in [1.165, 1.54) is 7.11 Å². The Morgan fingerprint density at radius 3 is 2.64 bits per heavy atom. The molecule has 0 spiro atoms. The van der Waals surface area contributed by atoms with Crippen LogP contribution in [0.15, 0.2) is 42.5 Å². The van der Waals surface area contributed by atoms with Crippen molar-refractivity contribution >= 4 is 17.6 Å². The van der Waals surface area contributed by atoms with Crippen molar-refractivity contribution < 1.29 is 14.3 Å². The number of esters is 1. The summed E-state index contributed by atoms with van der Waals surface area (Å²) < 4.78 is 10.6. The third-order valence-electron chi connectivity index (χ3n) is 3.46. The number of benzene rings is 2. The standard InChI is InChI=1S/C18H19ClO3/c1-12-8-9-13(2)16(10-12)22-11-14-6-4-5-7-15(14)17(19)18(20)21-3/h4-10,17H,11H2,1-3H3. The van der Waals surface area contributed by atoms with Gasteiger partial charge in [0.25, 0.3) is 0 Å². The summed E-state index contributed by atoms with van der Waals surface area (Å²) >= 11 is 6.17. The van der Waals surface area contributed by atoms with E-state index >= 15 is 0 Å². The minimum Gasteiger partial charge on any atom is -0.489 e. The lowest BCUT2D eigenvalue weighted by molar-refractivity contribution is -0.140. The van der Waals surface area contributed by atoms with Gasteiger partial charge >= 0.3 is 5.97 Å². The predicted molar refractivity (Wildman–Crippen MR) is 87.3 cm³/mol. The molecule has 0 N–H and O–H groups in total. The number of hydrogen-bond donors (Lipinski definition) is 0. The first-order valence-corrected chi connectivity index (χ1v) is 7.46. The number of carbonyl (C=O) groups excluding carboxylic acids is 1. The number of halogens is 1. The van der Waals surface area contributed by atoms with Gasteiger partial charge in [0.15, 0.2) is 5.38 Å². The van der Waals surface area contributed by atoms with Crippen LogP contribution in [0.2, 0.25) is 0 Å². The van der Waals surface area contributed by atoms with Gasteiger partial charge < -0.3 is 9.47 Å². The minimum atomic E-state index is -0.830. The second kappa shape index (κ2) is 7.32. The zero-order valence-corrected chi connectivity index (χ0v) is 13.7. The van der Waals surface area contributed by atoms with Crippen LogP contribution in [0.25, 0.3) is 0 Å². The molecule has 2 rings (SSSR count). The lowest BCUT2D eigenvalue weighted by Crippen LogP contribution is -2.12. The van der Waals surface area contributed by atoms with Gasteiger partial charge in [0.2, 0.25) is 0 Å². The maximum atomic E-state index is 11.6. The van der Waals surface area contributed by atoms with Crippen LogP contribution >= 0.6 is 11.6 Å². The Hall–Kier alpha value is -2.00. The van der Waals surface area contributed by atoms with E-state index < -0.39 is 11.3 Å². The Kier molecular flexibility index (Phi) is 5.45. The zero-order chi connectivity index (χ0) is 16.1. The summed E-state index contributed by atoms with van der Waals surface area (Å²) in [6, 6.07) is 13.5. The number of alkyl halides is 1. The van der Waals surface area contributed by atoms with Gasteiger partial charge in [0, 0.05) is 0 Å². The van der Waals surface area contributed by atoms with Crippen molar-refractivity contribution in [1.82, 2.24) is 0 Å². The monoisotopic (exact) mass is 318 g/mol. The number of rotatable bonds is 5. The van der Waals surface area contributed by atoms with Crippen LogP contribution in [0.4, 0.5) is 0 Å². The molecular weight excluding hydrogens is 300 g/mol. The minimum absolute atomic E-state index is 0.348. The van der Waals surface area contributed by atoms with E-state index in [4.69, 9.17) is 21.1 Å². The van der Waals surface area contributed by atoms with Gasteiger partial charge in [-0.3, -0.25) is 4.79 Å². The molecule has 0 amide bonds. The average molecular weight is 319 g/mol. The van der Waals surface area contributed by atoms with Gasteiger partial charge in [-0.1, -0.05) is 36.4 Å². The highest BCUT2D eigenvalue weighted by molar-refractivity contribution is 6.30. The molecule has 1 unspecified atom stereocenters. The molecule has 0 bridgehead atoms. The quantitative estimate of drug-likeness (QED) is 0.608. The van der Waals surface area contributed by atoms with E-state index in [2.05, 4.69) is 0 Å². The maximum absolute atomic E-state index is 11.6. The van der Waals surface area contributed by atoms with E-state index in [0.717, 1.165) is 22.4 Å². The van der Waals surface area contributed by atoms with Crippen LogP contribution in [0.1, 0.15) is 27.6 Å². The summed E-state index contributed by atoms with van der Waals surface area (Å²) in [5, 5.41) is -0.830. The van der Waals surface area contributed by atoms with Crippen LogP contribution < -0.4 is 4.74 Å². The van der Waals surface area contributed by atoms with Crippen molar-refractivity contribution in [3.05, 3.63) is 64.7 Å². The number of aryl methyl sites for hydroxylation is 2. The topological polar surface area (TPSA) is 35.5 Å². The molecular formula is C18H19ClO3. The van der Waals surface area contributed by atoms with Gasteiger partial charge in [-0.25, -0.2) is 0 Å². The first-order valence-electron chi connectivity index (χ1n) is 7.02. The molecule has 116 valence electrons. The normalized spacial score (nSPS) is 11.8. The Morgan fingerprint density at radius 2 is 1.91 bits per heavy atom. The summed E-state index contributed by atoms with van der Waals surface area (Å²) in [6.07, 6.45) is 0. The van der Waals surface area contributed by atoms with Crippen molar-refractivity contribution in [1.29, 1.82) is 0 Å². The summed E-state index contributed by atoms with van der Waals surface area (Å²) in [5.74, 6) is 0.361. The van der Waals surface area contributed by atoms with Crippen molar-refractivity contribution in [2.24, 2.45) is 0 Å². The van der Waals surface area contributed by atoms with E-state index in [9.17, 15) is 4.79 Å². The van der Waals surface area contributed by atoms with Gasteiger partial charge in [-0.05, 0) is 42.2 Å². The molecule has 0 aliphatic carbocycles. The number of ether oxygens (including phenoxy) is 2. The molecule has 2 aromatic carbocycles. The highest BCUT2D eigenvalue weighted by atomic mass is 35.5. The van der Waals surface area contributed by atoms with Crippen LogP contribution in [0, 0.1) is 13.8 Å². The van der Waals surface area contributed by atoms with Gasteiger partial charge in [-0.2, -0.15) is 0 Å². The van der Waals surface area contributed by atoms with E-state index in [-0.39, 0.29) is 0 Å². The summed E-state index contributed by atoms with van der Waals surface area (Å²) in [6.45, 7) is 4.37. The third-order valence-corrected chi connectivity index (χ3v) is 3.88. The summed E-state index contributed by atoms with van der Waals surface area (Å²) in [7, 11) is 1.33. The Balaban J connectivity index is 2.20. The van der Waals surface area contributed by atoms with Crippen molar-refractivity contribution in [3.63, 3.8) is 0 Å². The second-order valence-electron chi connectivity index (χ2n) is 5.14. The summed E-state index contributed by atoms with van der Waals surface area (Å²) in [4.78, 5) is 11.6. The second-order valence-corrected chi connectivity index (χ2v) is 5.58. The van der Waals surface area contributed by atoms with Crippen LogP contribution in [-0.4, -0.2) is 13.1 Å². The Bertz CT molecular complexity index is 667. The molecule has 0 heterocycles. The fraction of sp³-hybridized carbons (Fsp3) is 0.278. The van der Waals surface area contributed by atoms with Crippen LogP contribution in [0.5, 0.6) is 5.75 Å². The molecule has 0 radical (unpaired) electrons. The first-order chi connectivity index (χ1) is 10.5. The van der Waals surface area contributed by atoms with Gasteiger partial charge in [0.05, 0.1) is 7.11 Å². The largest absolute Gasteiger partial charge is 0.489 e. The zero-order valence-electron chi connectivity index (χ0n) is 12.9. The summed E-state index contributed by atoms with van der Waals surface area (Å²) in [5.41, 5.74) is 3.78. The third kappa shape index (κ3) is 3.80. The van der Waals surface area contributed by atoms with Gasteiger partial charge in [-0.15, -0.1) is 11.6 Å². The number of hydrogen-bond acceptors (Lipinski definition) is 3. The predicted octanol–water partition coefficient (Wildman–Crippen LogP) is 4.34. The maximum Gasteiger partial charge on any atom is 0.328 e. The highest BCUT2D eigenvalue weighted by Crippen LogP contribution is 2.27. The van der Waals surface area contributed by atoms with E-state index in [0.29, 0.717) is 12.2 Å². The molecule has 0 aliphatic heterocycles. The first kappa shape index (κ1) is 16.4. The highest BCUT2D eigenvalue weighted by Gasteiger charge is 2.21. The van der Waals surface area contributed by atoms with Gasteiger partial charge in [0.1, 0.15) is 12.4 Å². The van der Waals surface area contributed by atoms with Crippen LogP contribution in [0.3, 0.4) is 0 Å². The number of methoxy groups -OCH3 is 1. The average Bonchev–Trinajstić information content (AvgIpc) is 2.54. The van der Waals surface area contributed by atoms with E-state index in [1.54, 1.807) is 0 Å². The Morgan fingerprint density at radius 1 is 1.18 bits per heavy atom. The SMILES string of the molecule is COC(=O)C(Cl)c1ccccc1COc1cc(C)ccc1C. The fourth-order valence-electron chi connectivity index (χ4n) is 2.16. The molecule has 22 heavy (non-hydrogen) atoms. The van der Waals surface area contributed by atoms with E-state index in [1.807, 2.05) is 56.3 Å². The molecule has 1 atom stereocenters. The molecule has 0 aromatic heterocycles.